The van der Waals surface area contributed by atoms with Gasteiger partial charge in [0.25, 0.3) is 5.69 Å². The van der Waals surface area contributed by atoms with E-state index in [1.54, 1.807) is 0 Å². The normalized spacial score (nSPS) is 9.33. The smallest absolute Gasteiger partial charge is 0.263 e. The Balaban J connectivity index is 2.95. The zero-order valence-corrected chi connectivity index (χ0v) is 7.25. The zero-order valence-electron chi connectivity index (χ0n) is 7.25. The summed E-state index contributed by atoms with van der Waals surface area (Å²) in [6.07, 6.45) is 0. The Morgan fingerprint density at radius 3 is 2.47 bits per heavy atom. The van der Waals surface area contributed by atoms with Crippen molar-refractivity contribution in [3.05, 3.63) is 50.1 Å². The van der Waals surface area contributed by atoms with E-state index in [-0.39, 0.29) is 11.3 Å². The average molecular weight is 211 g/mol. The molecule has 0 spiro atoms. The van der Waals surface area contributed by atoms with Gasteiger partial charge in [-0.15, -0.1) is 0 Å². The third-order valence-electron chi connectivity index (χ3n) is 1.51. The van der Waals surface area contributed by atoms with Gasteiger partial charge in [-0.2, -0.15) is 0 Å². The van der Waals surface area contributed by atoms with Gasteiger partial charge in [-0.3, -0.25) is 14.9 Å². The molecule has 0 saturated heterocycles. The third kappa shape index (κ3) is 2.72. The molecule has 8 nitrogen and oxygen atoms in total. The summed E-state index contributed by atoms with van der Waals surface area (Å²) in [6.45, 7) is 0. The number of carbonyl (C=O) groups excluding carboxylic acids is 1. The van der Waals surface area contributed by atoms with Crippen LogP contribution < -0.4 is 5.43 Å². The first-order valence-electron chi connectivity index (χ1n) is 3.70. The molecule has 1 aromatic carbocycles. The van der Waals surface area contributed by atoms with Crippen molar-refractivity contribution < 1.29 is 14.8 Å². The summed E-state index contributed by atoms with van der Waals surface area (Å²) >= 11 is 0. The molecule has 0 aromatic heterocycles. The lowest BCUT2D eigenvalue weighted by molar-refractivity contribution is -0.527. The molecule has 1 aromatic rings. The van der Waals surface area contributed by atoms with Gasteiger partial charge in [-0.05, 0) is 6.07 Å². The van der Waals surface area contributed by atoms with Crippen LogP contribution in [0.15, 0.2) is 24.3 Å². The highest BCUT2D eigenvalue weighted by Gasteiger charge is 2.14. The van der Waals surface area contributed by atoms with Gasteiger partial charge < -0.3 is 0 Å². The van der Waals surface area contributed by atoms with Crippen LogP contribution in [0.1, 0.15) is 10.4 Å². The Morgan fingerprint density at radius 2 is 1.93 bits per heavy atom. The molecule has 0 saturated carbocycles. The van der Waals surface area contributed by atoms with Crippen molar-refractivity contribution in [3.8, 4) is 0 Å². The molecule has 0 atom stereocenters. The first kappa shape index (κ1) is 10.6. The Hall–Kier alpha value is -2.51. The van der Waals surface area contributed by atoms with Crippen LogP contribution in [0.5, 0.6) is 0 Å². The van der Waals surface area contributed by atoms with E-state index in [2.05, 4.69) is 0 Å². The Bertz CT molecular complexity index is 430. The summed E-state index contributed by atoms with van der Waals surface area (Å²) < 4.78 is 0. The van der Waals surface area contributed by atoms with Gasteiger partial charge in [0, 0.05) is 12.1 Å². The minimum Gasteiger partial charge on any atom is -0.263 e. The number of non-ortho nitro benzene ring substituents is 1. The molecular weight excluding hydrogens is 206 g/mol. The van der Waals surface area contributed by atoms with Crippen LogP contribution in [0.3, 0.4) is 0 Å². The standard InChI is InChI=1S/C7H5N3O5/c11-7(8-10(14)15)5-2-1-3-6(4-5)9(12)13/h1-4H,(H,8,11). The Labute approximate surface area is 82.8 Å². The topological polar surface area (TPSA) is 115 Å². The van der Waals surface area contributed by atoms with Crippen molar-refractivity contribution in [1.82, 2.24) is 5.43 Å². The molecular formula is C7H5N3O5. The van der Waals surface area contributed by atoms with Crippen LogP contribution in [0.4, 0.5) is 5.69 Å². The molecule has 0 heterocycles. The maximum atomic E-state index is 11.1. The molecule has 1 amide bonds. The average Bonchev–Trinajstić information content (AvgIpc) is 2.17. The van der Waals surface area contributed by atoms with E-state index in [0.29, 0.717) is 0 Å². The second kappa shape index (κ2) is 4.13. The monoisotopic (exact) mass is 211 g/mol. The van der Waals surface area contributed by atoms with Crippen LogP contribution >= 0.6 is 0 Å². The van der Waals surface area contributed by atoms with E-state index in [1.807, 2.05) is 0 Å². The molecule has 0 aliphatic carbocycles. The van der Waals surface area contributed by atoms with Gasteiger partial charge in [-0.1, -0.05) is 11.5 Å². The fourth-order valence-corrected chi connectivity index (χ4v) is 0.908. The Morgan fingerprint density at radius 1 is 1.27 bits per heavy atom. The van der Waals surface area contributed by atoms with Gasteiger partial charge in [0.05, 0.1) is 10.5 Å². The first-order chi connectivity index (χ1) is 7.00. The summed E-state index contributed by atoms with van der Waals surface area (Å²) in [5, 5.41) is 19.3. The fourth-order valence-electron chi connectivity index (χ4n) is 0.908. The number of benzene rings is 1. The lowest BCUT2D eigenvalue weighted by Crippen LogP contribution is -2.29. The molecule has 0 bridgehead atoms. The van der Waals surface area contributed by atoms with Crippen molar-refractivity contribution in [2.24, 2.45) is 0 Å². The quantitative estimate of drug-likeness (QED) is 0.577. The summed E-state index contributed by atoms with van der Waals surface area (Å²) in [4.78, 5) is 30.6. The number of rotatable bonds is 3. The second-order valence-corrected chi connectivity index (χ2v) is 2.51. The SMILES string of the molecule is O=C(N[N+](=O)[O-])c1cccc([N+](=O)[O-])c1. The predicted molar refractivity (Wildman–Crippen MR) is 47.6 cm³/mol. The molecule has 0 unspecified atom stereocenters. The van der Waals surface area contributed by atoms with E-state index in [0.717, 1.165) is 6.07 Å². The molecule has 0 fully saturated rings. The molecule has 8 heteroatoms. The van der Waals surface area contributed by atoms with Crippen LogP contribution in [0.2, 0.25) is 0 Å². The Kier molecular flexibility index (Phi) is 2.91. The van der Waals surface area contributed by atoms with Crippen molar-refractivity contribution in [3.63, 3.8) is 0 Å². The summed E-state index contributed by atoms with van der Waals surface area (Å²) in [7, 11) is 0. The number of hydrazine groups is 1. The highest BCUT2D eigenvalue weighted by atomic mass is 16.7. The molecule has 0 aliphatic rings. The van der Waals surface area contributed by atoms with E-state index < -0.39 is 15.9 Å². The lowest BCUT2D eigenvalue weighted by Gasteiger charge is -1.96. The van der Waals surface area contributed by atoms with E-state index in [9.17, 15) is 25.0 Å². The van der Waals surface area contributed by atoms with Crippen LogP contribution in [0.25, 0.3) is 0 Å². The van der Waals surface area contributed by atoms with Gasteiger partial charge in [-0.25, -0.2) is 10.1 Å². The first-order valence-corrected chi connectivity index (χ1v) is 3.70. The number of amides is 1. The largest absolute Gasteiger partial charge is 0.311 e. The van der Waals surface area contributed by atoms with Crippen LogP contribution in [-0.4, -0.2) is 15.9 Å². The predicted octanol–water partition coefficient (Wildman–Crippen LogP) is 0.516. The molecule has 1 rings (SSSR count). The summed E-state index contributed by atoms with van der Waals surface area (Å²) in [6, 6.07) is 4.65. The number of nitro benzene ring substituents is 1. The minimum absolute atomic E-state index is 0.138. The third-order valence-corrected chi connectivity index (χ3v) is 1.51. The highest BCUT2D eigenvalue weighted by molar-refractivity contribution is 5.93. The summed E-state index contributed by atoms with van der Waals surface area (Å²) in [5.74, 6) is -0.997. The van der Waals surface area contributed by atoms with Crippen molar-refractivity contribution in [2.45, 2.75) is 0 Å². The molecule has 78 valence electrons. The number of hydrogen-bond acceptors (Lipinski definition) is 5. The molecule has 15 heavy (non-hydrogen) atoms. The van der Waals surface area contributed by atoms with E-state index in [4.69, 9.17) is 0 Å². The van der Waals surface area contributed by atoms with Crippen molar-refractivity contribution in [2.75, 3.05) is 0 Å². The number of nitrogens with zero attached hydrogens (tertiary/aromatic N) is 2. The fraction of sp³-hybridized carbons (Fsp3) is 0. The van der Waals surface area contributed by atoms with Gasteiger partial charge >= 0.3 is 5.91 Å². The number of hydrogen-bond donors (Lipinski definition) is 1. The number of nitro groups is 2. The zero-order chi connectivity index (χ0) is 11.4. The maximum Gasteiger partial charge on any atom is 0.311 e. The molecule has 0 radical (unpaired) electrons. The van der Waals surface area contributed by atoms with Crippen molar-refractivity contribution in [1.29, 1.82) is 0 Å². The maximum absolute atomic E-state index is 11.1. The number of nitrogens with one attached hydrogen (secondary N) is 1. The van der Waals surface area contributed by atoms with Crippen LogP contribution in [-0.2, 0) is 0 Å². The molecule has 0 aliphatic heterocycles. The van der Waals surface area contributed by atoms with E-state index in [1.165, 1.54) is 23.6 Å². The van der Waals surface area contributed by atoms with Crippen LogP contribution in [0, 0.1) is 20.2 Å². The second-order valence-electron chi connectivity index (χ2n) is 2.51. The van der Waals surface area contributed by atoms with Crippen molar-refractivity contribution >= 4 is 11.6 Å². The van der Waals surface area contributed by atoms with Gasteiger partial charge in [0.1, 0.15) is 0 Å². The minimum atomic E-state index is -1.03. The highest BCUT2D eigenvalue weighted by Crippen LogP contribution is 2.12. The lowest BCUT2D eigenvalue weighted by atomic mass is 10.2. The van der Waals surface area contributed by atoms with Gasteiger partial charge in [0.2, 0.25) is 0 Å². The summed E-state index contributed by atoms with van der Waals surface area (Å²) in [5.41, 5.74) is 0.948. The van der Waals surface area contributed by atoms with E-state index >= 15 is 0 Å². The van der Waals surface area contributed by atoms with Gasteiger partial charge in [0.15, 0.2) is 5.03 Å². The number of carbonyl (C=O) groups is 1. The molecule has 1 N–H and O–H groups in total.